The summed E-state index contributed by atoms with van der Waals surface area (Å²) in [6, 6.07) is 17.9. The molecule has 1 heterocycles. The van der Waals surface area contributed by atoms with E-state index in [1.54, 1.807) is 0 Å². The van der Waals surface area contributed by atoms with Crippen LogP contribution in [0.1, 0.15) is 32.7 Å². The van der Waals surface area contributed by atoms with E-state index in [0.29, 0.717) is 6.04 Å². The van der Waals surface area contributed by atoms with E-state index in [4.69, 9.17) is 0 Å². The molecule has 110 valence electrons. The fraction of sp³-hybridized carbons (Fsp3) is 0.368. The smallest absolute Gasteiger partial charge is 0.0494 e. The molecule has 0 fully saturated rings. The molecule has 2 aromatic carbocycles. The molecule has 0 aliphatic heterocycles. The summed E-state index contributed by atoms with van der Waals surface area (Å²) in [4.78, 5) is 0. The highest BCUT2D eigenvalue weighted by Crippen LogP contribution is 2.31. The number of para-hydroxylation sites is 2. The number of hydrogen-bond acceptors (Lipinski definition) is 1. The van der Waals surface area contributed by atoms with Crippen molar-refractivity contribution in [2.45, 2.75) is 32.7 Å². The molecule has 0 aliphatic rings. The maximum absolute atomic E-state index is 3.58. The van der Waals surface area contributed by atoms with Gasteiger partial charge in [-0.25, -0.2) is 0 Å². The number of unbranched alkanes of at least 4 members (excludes halogenated alkanes) is 1. The largest absolute Gasteiger partial charge is 0.336 e. The summed E-state index contributed by atoms with van der Waals surface area (Å²) < 4.78 is 2.48. The van der Waals surface area contributed by atoms with Gasteiger partial charge in [0.25, 0.3) is 0 Å². The highest BCUT2D eigenvalue weighted by Gasteiger charge is 2.13. The van der Waals surface area contributed by atoms with Crippen LogP contribution >= 0.6 is 0 Å². The summed E-state index contributed by atoms with van der Waals surface area (Å²) in [5.41, 5.74) is 2.67. The van der Waals surface area contributed by atoms with Crippen molar-refractivity contribution in [1.29, 1.82) is 0 Å². The van der Waals surface area contributed by atoms with Crippen molar-refractivity contribution in [3.05, 3.63) is 48.5 Å². The van der Waals surface area contributed by atoms with Crippen molar-refractivity contribution in [1.82, 2.24) is 9.88 Å². The van der Waals surface area contributed by atoms with E-state index >= 15 is 0 Å². The van der Waals surface area contributed by atoms with Gasteiger partial charge in [0.05, 0.1) is 0 Å². The standard InChI is InChI=1S/C19H24N2/c1-3-4-13-20-14-15(2)21-18-11-7-5-9-16(18)17-10-6-8-12-19(17)21/h5-12,15,20H,3-4,13-14H2,1-2H3. The molecule has 3 aromatic rings. The zero-order valence-electron chi connectivity index (χ0n) is 13.0. The minimum atomic E-state index is 0.451. The lowest BCUT2D eigenvalue weighted by Gasteiger charge is -2.17. The van der Waals surface area contributed by atoms with Crippen molar-refractivity contribution in [3.63, 3.8) is 0 Å². The Hall–Kier alpha value is -1.80. The summed E-state index contributed by atoms with van der Waals surface area (Å²) in [7, 11) is 0. The maximum Gasteiger partial charge on any atom is 0.0494 e. The van der Waals surface area contributed by atoms with E-state index < -0.39 is 0 Å². The van der Waals surface area contributed by atoms with Crippen LogP contribution in [0, 0.1) is 0 Å². The highest BCUT2D eigenvalue weighted by molar-refractivity contribution is 6.08. The van der Waals surface area contributed by atoms with Crippen LogP contribution in [0.2, 0.25) is 0 Å². The van der Waals surface area contributed by atoms with Gasteiger partial charge in [-0.2, -0.15) is 0 Å². The summed E-state index contributed by atoms with van der Waals surface area (Å²) in [5.74, 6) is 0. The molecule has 2 nitrogen and oxygen atoms in total. The quantitative estimate of drug-likeness (QED) is 0.645. The van der Waals surface area contributed by atoms with Crippen LogP contribution in [0.15, 0.2) is 48.5 Å². The SMILES string of the molecule is CCCCNCC(C)n1c2ccccc2c2ccccc21. The number of hydrogen-bond donors (Lipinski definition) is 1. The Morgan fingerprint density at radius 1 is 0.952 bits per heavy atom. The molecule has 1 N–H and O–H groups in total. The predicted molar refractivity (Wildman–Crippen MR) is 91.9 cm³/mol. The van der Waals surface area contributed by atoms with Crippen LogP contribution in [-0.2, 0) is 0 Å². The summed E-state index contributed by atoms with van der Waals surface area (Å²) >= 11 is 0. The van der Waals surface area contributed by atoms with Gasteiger partial charge in [-0.3, -0.25) is 0 Å². The third kappa shape index (κ3) is 2.68. The molecule has 0 spiro atoms. The van der Waals surface area contributed by atoms with Gasteiger partial charge in [0.1, 0.15) is 0 Å². The second-order valence-corrected chi connectivity index (χ2v) is 5.81. The number of nitrogens with zero attached hydrogens (tertiary/aromatic N) is 1. The van der Waals surface area contributed by atoms with Gasteiger partial charge in [0.15, 0.2) is 0 Å². The minimum Gasteiger partial charge on any atom is -0.336 e. The second-order valence-electron chi connectivity index (χ2n) is 5.81. The first-order valence-electron chi connectivity index (χ1n) is 8.01. The number of rotatable bonds is 6. The fourth-order valence-corrected chi connectivity index (χ4v) is 3.13. The van der Waals surface area contributed by atoms with Crippen molar-refractivity contribution >= 4 is 21.8 Å². The first kappa shape index (κ1) is 14.2. The van der Waals surface area contributed by atoms with E-state index in [2.05, 4.69) is 72.3 Å². The topological polar surface area (TPSA) is 17.0 Å². The number of fused-ring (bicyclic) bond motifs is 3. The van der Waals surface area contributed by atoms with Gasteiger partial charge in [-0.05, 0) is 32.0 Å². The molecule has 0 radical (unpaired) electrons. The predicted octanol–water partition coefficient (Wildman–Crippen LogP) is 4.75. The van der Waals surface area contributed by atoms with Gasteiger partial charge in [-0.15, -0.1) is 0 Å². The van der Waals surface area contributed by atoms with Gasteiger partial charge in [0.2, 0.25) is 0 Å². The van der Waals surface area contributed by atoms with Crippen LogP contribution < -0.4 is 5.32 Å². The Balaban J connectivity index is 1.99. The lowest BCUT2D eigenvalue weighted by molar-refractivity contribution is 0.509. The molecule has 0 bridgehead atoms. The van der Waals surface area contributed by atoms with Crippen molar-refractivity contribution in [2.75, 3.05) is 13.1 Å². The number of aromatic nitrogens is 1. The third-order valence-electron chi connectivity index (χ3n) is 4.20. The molecule has 0 saturated carbocycles. The number of nitrogens with one attached hydrogen (secondary N) is 1. The third-order valence-corrected chi connectivity index (χ3v) is 4.20. The van der Waals surface area contributed by atoms with Crippen LogP contribution in [0.3, 0.4) is 0 Å². The summed E-state index contributed by atoms with van der Waals surface area (Å²) in [5, 5.41) is 6.29. The molecular formula is C19H24N2. The summed E-state index contributed by atoms with van der Waals surface area (Å²) in [6.45, 7) is 6.66. The first-order valence-corrected chi connectivity index (χ1v) is 8.01. The van der Waals surface area contributed by atoms with E-state index in [1.165, 1.54) is 34.6 Å². The lowest BCUT2D eigenvalue weighted by atomic mass is 10.2. The second kappa shape index (κ2) is 6.31. The van der Waals surface area contributed by atoms with Crippen LogP contribution in [0.4, 0.5) is 0 Å². The zero-order valence-corrected chi connectivity index (χ0v) is 13.0. The molecule has 21 heavy (non-hydrogen) atoms. The number of benzene rings is 2. The fourth-order valence-electron chi connectivity index (χ4n) is 3.13. The Kier molecular flexibility index (Phi) is 4.26. The monoisotopic (exact) mass is 280 g/mol. The normalized spacial score (nSPS) is 13.0. The van der Waals surface area contributed by atoms with E-state index in [-0.39, 0.29) is 0 Å². The Morgan fingerprint density at radius 2 is 1.52 bits per heavy atom. The average Bonchev–Trinajstić information content (AvgIpc) is 2.86. The molecule has 1 unspecified atom stereocenters. The van der Waals surface area contributed by atoms with Gasteiger partial charge in [-0.1, -0.05) is 49.7 Å². The zero-order chi connectivity index (χ0) is 14.7. The minimum absolute atomic E-state index is 0.451. The molecule has 1 aromatic heterocycles. The van der Waals surface area contributed by atoms with Gasteiger partial charge in [0, 0.05) is 34.4 Å². The maximum atomic E-state index is 3.58. The molecular weight excluding hydrogens is 256 g/mol. The summed E-state index contributed by atoms with van der Waals surface area (Å²) in [6.07, 6.45) is 2.50. The van der Waals surface area contributed by atoms with Crippen molar-refractivity contribution in [3.8, 4) is 0 Å². The van der Waals surface area contributed by atoms with E-state index in [1.807, 2.05) is 0 Å². The van der Waals surface area contributed by atoms with Crippen LogP contribution in [0.25, 0.3) is 21.8 Å². The molecule has 3 rings (SSSR count). The molecule has 0 aliphatic carbocycles. The van der Waals surface area contributed by atoms with Crippen molar-refractivity contribution in [2.24, 2.45) is 0 Å². The highest BCUT2D eigenvalue weighted by atomic mass is 15.0. The first-order chi connectivity index (χ1) is 10.3. The Labute approximate surface area is 126 Å². The molecule has 1 atom stereocenters. The van der Waals surface area contributed by atoms with Crippen LogP contribution in [-0.4, -0.2) is 17.7 Å². The Morgan fingerprint density at radius 3 is 2.10 bits per heavy atom. The van der Waals surface area contributed by atoms with E-state index in [9.17, 15) is 0 Å². The Bertz CT molecular complexity index is 673. The molecule has 0 amide bonds. The van der Waals surface area contributed by atoms with Crippen LogP contribution in [0.5, 0.6) is 0 Å². The van der Waals surface area contributed by atoms with Gasteiger partial charge >= 0.3 is 0 Å². The molecule has 0 saturated heterocycles. The average molecular weight is 280 g/mol. The molecule has 2 heteroatoms. The van der Waals surface area contributed by atoms with Crippen molar-refractivity contribution < 1.29 is 0 Å². The van der Waals surface area contributed by atoms with Gasteiger partial charge < -0.3 is 9.88 Å². The lowest BCUT2D eigenvalue weighted by Crippen LogP contribution is -2.24. The van der Waals surface area contributed by atoms with E-state index in [0.717, 1.165) is 13.1 Å².